The Bertz CT molecular complexity index is 659. The summed E-state index contributed by atoms with van der Waals surface area (Å²) < 4.78 is 15.6. The van der Waals surface area contributed by atoms with Crippen LogP contribution >= 0.6 is 11.8 Å². The highest BCUT2D eigenvalue weighted by Gasteiger charge is 2.11. The summed E-state index contributed by atoms with van der Waals surface area (Å²) in [5.74, 6) is -1.08. The molecule has 1 heterocycles. The summed E-state index contributed by atoms with van der Waals surface area (Å²) in [7, 11) is 0. The summed E-state index contributed by atoms with van der Waals surface area (Å²) in [6.45, 7) is 5.95. The van der Waals surface area contributed by atoms with Gasteiger partial charge in [0.05, 0.1) is 5.75 Å². The smallest absolute Gasteiger partial charge is 0.313 e. The fourth-order valence-electron chi connectivity index (χ4n) is 2.18. The molecule has 0 saturated carbocycles. The molecule has 4 nitrogen and oxygen atoms in total. The molecule has 0 spiro atoms. The van der Waals surface area contributed by atoms with Gasteiger partial charge in [-0.15, -0.1) is 0 Å². The van der Waals surface area contributed by atoms with E-state index >= 15 is 0 Å². The highest BCUT2D eigenvalue weighted by atomic mass is 32.2. The largest absolute Gasteiger partial charge is 0.481 e. The van der Waals surface area contributed by atoms with Crippen molar-refractivity contribution in [2.75, 3.05) is 5.75 Å². The molecule has 1 N–H and O–H groups in total. The van der Waals surface area contributed by atoms with E-state index in [9.17, 15) is 9.18 Å². The zero-order valence-electron chi connectivity index (χ0n) is 12.2. The first-order chi connectivity index (χ1) is 9.88. The highest BCUT2D eigenvalue weighted by molar-refractivity contribution is 7.99. The Morgan fingerprint density at radius 1 is 1.33 bits per heavy atom. The third kappa shape index (κ3) is 3.64. The Labute approximate surface area is 127 Å². The van der Waals surface area contributed by atoms with E-state index in [4.69, 9.17) is 5.11 Å². The first-order valence-corrected chi connectivity index (χ1v) is 7.49. The van der Waals surface area contributed by atoms with Crippen molar-refractivity contribution in [1.29, 1.82) is 0 Å². The number of carbonyl (C=O) groups is 1. The maximum atomic E-state index is 13.7. The monoisotopic (exact) mass is 308 g/mol. The number of imidazole rings is 1. The number of hydrogen-bond acceptors (Lipinski definition) is 3. The van der Waals surface area contributed by atoms with Crippen LogP contribution in [0.2, 0.25) is 0 Å². The number of hydrogen-bond donors (Lipinski definition) is 1. The standard InChI is InChI=1S/C15H17FN2O2S/c1-9-4-12(5-10(2)14(9)16)7-18-11(3)6-17-15(18)21-8-13(19)20/h4-6H,7-8H2,1-3H3,(H,19,20). The van der Waals surface area contributed by atoms with E-state index in [1.165, 1.54) is 11.8 Å². The van der Waals surface area contributed by atoms with Crippen LogP contribution in [0.1, 0.15) is 22.4 Å². The van der Waals surface area contributed by atoms with Gasteiger partial charge in [0, 0.05) is 18.4 Å². The minimum atomic E-state index is -0.874. The van der Waals surface area contributed by atoms with E-state index in [0.717, 1.165) is 11.3 Å². The molecule has 0 radical (unpaired) electrons. The molecule has 6 heteroatoms. The molecular weight excluding hydrogens is 291 g/mol. The lowest BCUT2D eigenvalue weighted by Crippen LogP contribution is -2.07. The Morgan fingerprint density at radius 3 is 2.52 bits per heavy atom. The van der Waals surface area contributed by atoms with Gasteiger partial charge in [-0.25, -0.2) is 9.37 Å². The number of thioether (sulfide) groups is 1. The van der Waals surface area contributed by atoms with Gasteiger partial charge in [-0.2, -0.15) is 0 Å². The SMILES string of the molecule is Cc1cc(Cn2c(C)cnc2SCC(=O)O)cc(C)c1F. The number of carboxylic acids is 1. The molecule has 0 fully saturated rings. The van der Waals surface area contributed by atoms with Gasteiger partial charge in [0.2, 0.25) is 0 Å². The van der Waals surface area contributed by atoms with Gasteiger partial charge in [-0.1, -0.05) is 23.9 Å². The van der Waals surface area contributed by atoms with Gasteiger partial charge in [-0.05, 0) is 37.5 Å². The molecule has 2 aromatic rings. The molecule has 0 aliphatic carbocycles. The van der Waals surface area contributed by atoms with Crippen molar-refractivity contribution in [2.24, 2.45) is 0 Å². The zero-order valence-corrected chi connectivity index (χ0v) is 13.0. The second kappa shape index (κ2) is 6.30. The highest BCUT2D eigenvalue weighted by Crippen LogP contribution is 2.21. The normalized spacial score (nSPS) is 10.9. The molecule has 2 rings (SSSR count). The molecule has 0 bridgehead atoms. The summed E-state index contributed by atoms with van der Waals surface area (Å²) in [5.41, 5.74) is 3.15. The average molecular weight is 308 g/mol. The number of rotatable bonds is 5. The molecule has 1 aromatic heterocycles. The number of halogens is 1. The number of aryl methyl sites for hydroxylation is 3. The minimum Gasteiger partial charge on any atom is -0.481 e. The van der Waals surface area contributed by atoms with Crippen molar-refractivity contribution in [1.82, 2.24) is 9.55 Å². The van der Waals surface area contributed by atoms with Crippen molar-refractivity contribution in [3.05, 3.63) is 46.5 Å². The molecule has 0 atom stereocenters. The van der Waals surface area contributed by atoms with Crippen LogP contribution in [0, 0.1) is 26.6 Å². The number of carboxylic acid groups (broad SMARTS) is 1. The maximum Gasteiger partial charge on any atom is 0.313 e. The fourth-order valence-corrected chi connectivity index (χ4v) is 2.93. The molecular formula is C15H17FN2O2S. The van der Waals surface area contributed by atoms with E-state index < -0.39 is 5.97 Å². The van der Waals surface area contributed by atoms with E-state index in [0.29, 0.717) is 22.8 Å². The maximum absolute atomic E-state index is 13.7. The second-order valence-corrected chi connectivity index (χ2v) is 5.94. The van der Waals surface area contributed by atoms with Crippen LogP contribution in [-0.2, 0) is 11.3 Å². The molecule has 0 aliphatic rings. The third-order valence-electron chi connectivity index (χ3n) is 3.18. The lowest BCUT2D eigenvalue weighted by atomic mass is 10.1. The van der Waals surface area contributed by atoms with Gasteiger partial charge in [-0.3, -0.25) is 4.79 Å². The van der Waals surface area contributed by atoms with Crippen LogP contribution in [0.15, 0.2) is 23.5 Å². The topological polar surface area (TPSA) is 55.1 Å². The van der Waals surface area contributed by atoms with Crippen LogP contribution in [0.25, 0.3) is 0 Å². The minimum absolute atomic E-state index is 0.0298. The third-order valence-corrected chi connectivity index (χ3v) is 4.16. The number of aliphatic carboxylic acids is 1. The average Bonchev–Trinajstić information content (AvgIpc) is 2.75. The van der Waals surface area contributed by atoms with Crippen LogP contribution in [-0.4, -0.2) is 26.4 Å². The quantitative estimate of drug-likeness (QED) is 0.862. The zero-order chi connectivity index (χ0) is 15.6. The van der Waals surface area contributed by atoms with E-state index in [2.05, 4.69) is 4.98 Å². The van der Waals surface area contributed by atoms with E-state index in [1.807, 2.05) is 23.6 Å². The molecule has 0 aliphatic heterocycles. The predicted molar refractivity (Wildman–Crippen MR) is 80.3 cm³/mol. The molecule has 21 heavy (non-hydrogen) atoms. The van der Waals surface area contributed by atoms with Crippen molar-refractivity contribution in [3.8, 4) is 0 Å². The first kappa shape index (κ1) is 15.6. The van der Waals surface area contributed by atoms with Gasteiger partial charge >= 0.3 is 5.97 Å². The predicted octanol–water partition coefficient (Wildman–Crippen LogP) is 3.17. The number of benzene rings is 1. The Hall–Kier alpha value is -1.82. The van der Waals surface area contributed by atoms with Crippen LogP contribution in [0.4, 0.5) is 4.39 Å². The van der Waals surface area contributed by atoms with Crippen LogP contribution in [0.5, 0.6) is 0 Å². The van der Waals surface area contributed by atoms with Gasteiger partial charge in [0.1, 0.15) is 5.82 Å². The summed E-state index contributed by atoms with van der Waals surface area (Å²) >= 11 is 1.19. The number of aromatic nitrogens is 2. The first-order valence-electron chi connectivity index (χ1n) is 6.51. The Kier molecular flexibility index (Phi) is 4.67. The van der Waals surface area contributed by atoms with Crippen molar-refractivity contribution in [2.45, 2.75) is 32.5 Å². The lowest BCUT2D eigenvalue weighted by molar-refractivity contribution is -0.133. The summed E-state index contributed by atoms with van der Waals surface area (Å²) in [4.78, 5) is 14.9. The molecule has 1 aromatic carbocycles. The van der Waals surface area contributed by atoms with Gasteiger partial charge in [0.25, 0.3) is 0 Å². The van der Waals surface area contributed by atoms with Gasteiger partial charge < -0.3 is 9.67 Å². The van der Waals surface area contributed by atoms with E-state index in [-0.39, 0.29) is 11.6 Å². The van der Waals surface area contributed by atoms with Crippen LogP contribution < -0.4 is 0 Å². The van der Waals surface area contributed by atoms with Crippen LogP contribution in [0.3, 0.4) is 0 Å². The summed E-state index contributed by atoms with van der Waals surface area (Å²) in [6.07, 6.45) is 1.72. The molecule has 0 amide bonds. The Morgan fingerprint density at radius 2 is 1.95 bits per heavy atom. The van der Waals surface area contributed by atoms with Crippen molar-refractivity contribution >= 4 is 17.7 Å². The fraction of sp³-hybridized carbons (Fsp3) is 0.333. The summed E-state index contributed by atoms with van der Waals surface area (Å²) in [5, 5.41) is 9.43. The Balaban J connectivity index is 2.27. The summed E-state index contributed by atoms with van der Waals surface area (Å²) in [6, 6.07) is 3.63. The van der Waals surface area contributed by atoms with Crippen molar-refractivity contribution < 1.29 is 14.3 Å². The molecule has 0 saturated heterocycles. The molecule has 112 valence electrons. The number of nitrogens with zero attached hydrogens (tertiary/aromatic N) is 2. The second-order valence-electron chi connectivity index (χ2n) is 4.99. The van der Waals surface area contributed by atoms with E-state index in [1.54, 1.807) is 20.0 Å². The van der Waals surface area contributed by atoms with Gasteiger partial charge in [0.15, 0.2) is 5.16 Å². The molecule has 0 unspecified atom stereocenters. The van der Waals surface area contributed by atoms with Crippen molar-refractivity contribution in [3.63, 3.8) is 0 Å². The lowest BCUT2D eigenvalue weighted by Gasteiger charge is -2.11.